The fourth-order valence-electron chi connectivity index (χ4n) is 2.94. The zero-order valence-electron chi connectivity index (χ0n) is 14.0. The van der Waals surface area contributed by atoms with Crippen LogP contribution < -0.4 is 0 Å². The van der Waals surface area contributed by atoms with Crippen molar-refractivity contribution in [1.29, 1.82) is 0 Å². The van der Waals surface area contributed by atoms with Crippen LogP contribution in [0.5, 0.6) is 0 Å². The molecule has 1 aliphatic rings. The second-order valence-corrected chi connectivity index (χ2v) is 7.28. The summed E-state index contributed by atoms with van der Waals surface area (Å²) in [7, 11) is 1.00. The lowest BCUT2D eigenvalue weighted by Gasteiger charge is -2.33. The standard InChI is InChI=1S/C17H27NS.CH4O/c1-4-19-17-7-5-6-15(12-17)13-18-10-8-16(9-11-18)14(2)3;1-2/h5-7,12,14,16H,4,8-11,13H2,1-3H3;2H,1H3. The molecular weight excluding hydrogens is 278 g/mol. The third kappa shape index (κ3) is 6.41. The number of hydrogen-bond donors (Lipinski definition) is 1. The maximum absolute atomic E-state index is 7.00. The lowest BCUT2D eigenvalue weighted by atomic mass is 9.86. The van der Waals surface area contributed by atoms with Gasteiger partial charge in [-0.1, -0.05) is 32.9 Å². The first-order valence-corrected chi connectivity index (χ1v) is 9.06. The number of nitrogens with zero attached hydrogens (tertiary/aromatic N) is 1. The summed E-state index contributed by atoms with van der Waals surface area (Å²) in [4.78, 5) is 4.03. The Morgan fingerprint density at radius 1 is 1.24 bits per heavy atom. The molecule has 1 aromatic carbocycles. The van der Waals surface area contributed by atoms with Crippen LogP contribution >= 0.6 is 11.8 Å². The molecule has 2 rings (SSSR count). The number of rotatable bonds is 5. The van der Waals surface area contributed by atoms with Gasteiger partial charge in [0.1, 0.15) is 0 Å². The molecule has 0 radical (unpaired) electrons. The van der Waals surface area contributed by atoms with E-state index in [0.29, 0.717) is 0 Å². The molecule has 0 aliphatic carbocycles. The van der Waals surface area contributed by atoms with Gasteiger partial charge in [0.25, 0.3) is 0 Å². The molecule has 1 N–H and O–H groups in total. The topological polar surface area (TPSA) is 23.5 Å². The Balaban J connectivity index is 0.00000106. The summed E-state index contributed by atoms with van der Waals surface area (Å²) in [6.07, 6.45) is 2.75. The normalized spacial score (nSPS) is 16.7. The summed E-state index contributed by atoms with van der Waals surface area (Å²) in [5.74, 6) is 2.95. The number of benzene rings is 1. The highest BCUT2D eigenvalue weighted by Gasteiger charge is 2.21. The van der Waals surface area contributed by atoms with Gasteiger partial charge in [0.15, 0.2) is 0 Å². The van der Waals surface area contributed by atoms with Crippen molar-refractivity contribution < 1.29 is 5.11 Å². The van der Waals surface area contributed by atoms with E-state index in [1.165, 1.54) is 36.4 Å². The Morgan fingerprint density at radius 2 is 1.90 bits per heavy atom. The molecule has 1 aromatic rings. The fraction of sp³-hybridized carbons (Fsp3) is 0.667. The van der Waals surface area contributed by atoms with E-state index in [9.17, 15) is 0 Å². The number of hydrogen-bond acceptors (Lipinski definition) is 3. The second kappa shape index (κ2) is 10.3. The van der Waals surface area contributed by atoms with Crippen LogP contribution in [0.3, 0.4) is 0 Å². The quantitative estimate of drug-likeness (QED) is 0.821. The zero-order chi connectivity index (χ0) is 15.7. The second-order valence-electron chi connectivity index (χ2n) is 5.94. The summed E-state index contributed by atoms with van der Waals surface area (Å²) < 4.78 is 0. The third-order valence-corrected chi connectivity index (χ3v) is 5.07. The first-order chi connectivity index (χ1) is 10.2. The van der Waals surface area contributed by atoms with Crippen LogP contribution in [0.1, 0.15) is 39.2 Å². The average molecular weight is 310 g/mol. The first-order valence-electron chi connectivity index (χ1n) is 8.08. The van der Waals surface area contributed by atoms with Gasteiger partial charge in [-0.05, 0) is 61.2 Å². The molecule has 3 heteroatoms. The van der Waals surface area contributed by atoms with Crippen molar-refractivity contribution >= 4 is 11.8 Å². The van der Waals surface area contributed by atoms with Gasteiger partial charge in [0.05, 0.1) is 0 Å². The number of aliphatic hydroxyl groups excluding tert-OH is 1. The van der Waals surface area contributed by atoms with E-state index in [4.69, 9.17) is 5.11 Å². The molecule has 1 aliphatic heterocycles. The maximum Gasteiger partial charge on any atom is 0.0319 e. The Hall–Kier alpha value is -0.510. The molecule has 120 valence electrons. The molecular formula is C18H31NOS. The van der Waals surface area contributed by atoms with Gasteiger partial charge < -0.3 is 5.11 Å². The highest BCUT2D eigenvalue weighted by atomic mass is 32.2. The number of aliphatic hydroxyl groups is 1. The van der Waals surface area contributed by atoms with Crippen LogP contribution in [-0.2, 0) is 6.54 Å². The Kier molecular flexibility index (Phi) is 9.05. The van der Waals surface area contributed by atoms with Gasteiger partial charge >= 0.3 is 0 Å². The molecule has 0 unspecified atom stereocenters. The molecule has 1 heterocycles. The minimum Gasteiger partial charge on any atom is -0.400 e. The van der Waals surface area contributed by atoms with Crippen LogP contribution in [0.4, 0.5) is 0 Å². The van der Waals surface area contributed by atoms with Gasteiger partial charge in [0.2, 0.25) is 0 Å². The SMILES string of the molecule is CCSc1cccc(CN2CCC(C(C)C)CC2)c1.CO. The van der Waals surface area contributed by atoms with Crippen molar-refractivity contribution in [2.24, 2.45) is 11.8 Å². The van der Waals surface area contributed by atoms with Gasteiger partial charge in [-0.3, -0.25) is 4.90 Å². The van der Waals surface area contributed by atoms with Crippen LogP contribution in [0.2, 0.25) is 0 Å². The molecule has 2 nitrogen and oxygen atoms in total. The molecule has 0 saturated carbocycles. The van der Waals surface area contributed by atoms with E-state index < -0.39 is 0 Å². The third-order valence-electron chi connectivity index (χ3n) is 4.19. The van der Waals surface area contributed by atoms with Crippen molar-refractivity contribution in [3.8, 4) is 0 Å². The van der Waals surface area contributed by atoms with Gasteiger partial charge in [-0.2, -0.15) is 0 Å². The minimum atomic E-state index is 0.853. The molecule has 21 heavy (non-hydrogen) atoms. The van der Waals surface area contributed by atoms with Crippen molar-refractivity contribution in [1.82, 2.24) is 4.90 Å². The monoisotopic (exact) mass is 309 g/mol. The predicted octanol–water partition coefficient (Wildman–Crippen LogP) is 4.28. The summed E-state index contributed by atoms with van der Waals surface area (Å²) in [6, 6.07) is 9.06. The summed E-state index contributed by atoms with van der Waals surface area (Å²) >= 11 is 1.94. The smallest absolute Gasteiger partial charge is 0.0319 e. The van der Waals surface area contributed by atoms with E-state index in [1.807, 2.05) is 11.8 Å². The van der Waals surface area contributed by atoms with E-state index in [2.05, 4.69) is 49.9 Å². The Labute approximate surface area is 134 Å². The molecule has 1 fully saturated rings. The zero-order valence-corrected chi connectivity index (χ0v) is 14.8. The van der Waals surface area contributed by atoms with E-state index in [-0.39, 0.29) is 0 Å². The van der Waals surface area contributed by atoms with Crippen LogP contribution in [-0.4, -0.2) is 36.0 Å². The van der Waals surface area contributed by atoms with Crippen LogP contribution in [0.25, 0.3) is 0 Å². The Morgan fingerprint density at radius 3 is 2.48 bits per heavy atom. The minimum absolute atomic E-state index is 0.853. The lowest BCUT2D eigenvalue weighted by molar-refractivity contribution is 0.152. The predicted molar refractivity (Wildman–Crippen MR) is 93.8 cm³/mol. The summed E-state index contributed by atoms with van der Waals surface area (Å²) in [5.41, 5.74) is 1.47. The van der Waals surface area contributed by atoms with Crippen LogP contribution in [0.15, 0.2) is 29.2 Å². The molecule has 0 amide bonds. The van der Waals surface area contributed by atoms with E-state index in [0.717, 1.165) is 31.2 Å². The van der Waals surface area contributed by atoms with Gasteiger partial charge in [0, 0.05) is 18.6 Å². The molecule has 1 saturated heterocycles. The van der Waals surface area contributed by atoms with E-state index >= 15 is 0 Å². The molecule has 0 atom stereocenters. The lowest BCUT2D eigenvalue weighted by Crippen LogP contribution is -2.34. The Bertz CT molecular complexity index is 387. The summed E-state index contributed by atoms with van der Waals surface area (Å²) in [5, 5.41) is 7.00. The molecule has 0 spiro atoms. The molecule has 0 aromatic heterocycles. The largest absolute Gasteiger partial charge is 0.400 e. The van der Waals surface area contributed by atoms with Crippen molar-refractivity contribution in [2.75, 3.05) is 26.0 Å². The van der Waals surface area contributed by atoms with Crippen molar-refractivity contribution in [3.05, 3.63) is 29.8 Å². The number of piperidine rings is 1. The van der Waals surface area contributed by atoms with Crippen molar-refractivity contribution in [2.45, 2.75) is 45.1 Å². The molecule has 0 bridgehead atoms. The van der Waals surface area contributed by atoms with Gasteiger partial charge in [-0.15, -0.1) is 11.8 Å². The number of thioether (sulfide) groups is 1. The van der Waals surface area contributed by atoms with E-state index in [1.54, 1.807) is 0 Å². The maximum atomic E-state index is 7.00. The first kappa shape index (κ1) is 18.5. The average Bonchev–Trinajstić information content (AvgIpc) is 2.50. The highest BCUT2D eigenvalue weighted by molar-refractivity contribution is 7.99. The van der Waals surface area contributed by atoms with Crippen LogP contribution in [0, 0.1) is 11.8 Å². The van der Waals surface area contributed by atoms with Gasteiger partial charge in [-0.25, -0.2) is 0 Å². The van der Waals surface area contributed by atoms with Crippen molar-refractivity contribution in [3.63, 3.8) is 0 Å². The summed E-state index contributed by atoms with van der Waals surface area (Å²) in [6.45, 7) is 10.6. The number of likely N-dealkylation sites (tertiary alicyclic amines) is 1. The fourth-order valence-corrected chi connectivity index (χ4v) is 3.68. The highest BCUT2D eigenvalue weighted by Crippen LogP contribution is 2.26.